The van der Waals surface area contributed by atoms with Crippen LogP contribution in [0.5, 0.6) is 0 Å². The van der Waals surface area contributed by atoms with Crippen LogP contribution in [0.25, 0.3) is 0 Å². The smallest absolute Gasteiger partial charge is 0.408 e. The van der Waals surface area contributed by atoms with Gasteiger partial charge in [0, 0.05) is 0 Å². The molecule has 1 aromatic rings. The van der Waals surface area contributed by atoms with Gasteiger partial charge in [-0.05, 0) is 12.5 Å². The van der Waals surface area contributed by atoms with E-state index in [2.05, 4.69) is 10.6 Å². The van der Waals surface area contributed by atoms with E-state index in [1.54, 1.807) is 0 Å². The number of hydrogen-bond donors (Lipinski definition) is 2. The lowest BCUT2D eigenvalue weighted by atomic mass is 10.0. The largest absolute Gasteiger partial charge is 0.445 e. The molecule has 1 aromatic carbocycles. The van der Waals surface area contributed by atoms with Crippen LogP contribution >= 0.6 is 0 Å². The fraction of sp³-hybridized carbons (Fsp3) is 0.333. The molecule has 0 saturated carbocycles. The molecule has 2 amide bonds. The Kier molecular flexibility index (Phi) is 3.27. The first-order valence-corrected chi connectivity index (χ1v) is 5.44. The number of carbonyl (C=O) groups is 2. The molecular formula is C12H14N2O3. The summed E-state index contributed by atoms with van der Waals surface area (Å²) in [5.41, 5.74) is 0.911. The third-order valence-corrected chi connectivity index (χ3v) is 2.64. The molecular weight excluding hydrogens is 220 g/mol. The van der Waals surface area contributed by atoms with Gasteiger partial charge in [-0.2, -0.15) is 0 Å². The minimum atomic E-state index is -0.569. The fourth-order valence-electron chi connectivity index (χ4n) is 1.61. The Morgan fingerprint density at radius 2 is 2.12 bits per heavy atom. The summed E-state index contributed by atoms with van der Waals surface area (Å²) in [6.07, 6.45) is -0.569. The van der Waals surface area contributed by atoms with E-state index in [0.29, 0.717) is 0 Å². The Bertz CT molecular complexity index is 419. The van der Waals surface area contributed by atoms with Crippen LogP contribution in [-0.4, -0.2) is 24.1 Å². The van der Waals surface area contributed by atoms with Crippen molar-refractivity contribution in [2.45, 2.75) is 25.6 Å². The third-order valence-electron chi connectivity index (χ3n) is 2.64. The highest BCUT2D eigenvalue weighted by Gasteiger charge is 2.37. The van der Waals surface area contributed by atoms with Gasteiger partial charge in [-0.3, -0.25) is 4.79 Å². The Labute approximate surface area is 99.2 Å². The van der Waals surface area contributed by atoms with Gasteiger partial charge >= 0.3 is 6.09 Å². The van der Waals surface area contributed by atoms with Gasteiger partial charge in [-0.15, -0.1) is 0 Å². The summed E-state index contributed by atoms with van der Waals surface area (Å²) in [5, 5.41) is 5.14. The van der Waals surface area contributed by atoms with Gasteiger partial charge in [0.25, 0.3) is 0 Å². The van der Waals surface area contributed by atoms with E-state index >= 15 is 0 Å². The second-order valence-corrected chi connectivity index (χ2v) is 3.98. The summed E-state index contributed by atoms with van der Waals surface area (Å²) in [6.45, 7) is 2.03. The number of benzene rings is 1. The number of ether oxygens (including phenoxy) is 1. The molecule has 0 spiro atoms. The van der Waals surface area contributed by atoms with Crippen molar-refractivity contribution in [1.29, 1.82) is 0 Å². The first-order chi connectivity index (χ1) is 8.16. The molecule has 2 N–H and O–H groups in total. The number of rotatable bonds is 3. The van der Waals surface area contributed by atoms with Crippen LogP contribution in [0.15, 0.2) is 30.3 Å². The molecule has 0 aliphatic carbocycles. The average molecular weight is 234 g/mol. The second kappa shape index (κ2) is 4.86. The topological polar surface area (TPSA) is 67.4 Å². The fourth-order valence-corrected chi connectivity index (χ4v) is 1.61. The van der Waals surface area contributed by atoms with E-state index in [1.165, 1.54) is 0 Å². The minimum Gasteiger partial charge on any atom is -0.445 e. The summed E-state index contributed by atoms with van der Waals surface area (Å²) in [7, 11) is 0. The standard InChI is InChI=1S/C12H14N2O3/c1-8-10(11(15)13-8)14-12(16)17-7-9-5-3-2-4-6-9/h2-6,8,10H,7H2,1H3,(H,13,15)(H,14,16)/t8?,10-/m1/s1. The van der Waals surface area contributed by atoms with Crippen LogP contribution in [0, 0.1) is 0 Å². The van der Waals surface area contributed by atoms with Gasteiger partial charge in [0.15, 0.2) is 0 Å². The molecule has 1 unspecified atom stereocenters. The van der Waals surface area contributed by atoms with E-state index < -0.39 is 12.1 Å². The molecule has 1 saturated heterocycles. The Balaban J connectivity index is 1.76. The zero-order valence-corrected chi connectivity index (χ0v) is 9.47. The van der Waals surface area contributed by atoms with E-state index in [-0.39, 0.29) is 18.6 Å². The van der Waals surface area contributed by atoms with E-state index in [1.807, 2.05) is 37.3 Å². The number of hydrogen-bond acceptors (Lipinski definition) is 3. The van der Waals surface area contributed by atoms with Crippen LogP contribution in [0.3, 0.4) is 0 Å². The molecule has 0 aromatic heterocycles. The van der Waals surface area contributed by atoms with Crippen LogP contribution in [-0.2, 0) is 16.1 Å². The van der Waals surface area contributed by atoms with Crippen molar-refractivity contribution in [3.63, 3.8) is 0 Å². The zero-order chi connectivity index (χ0) is 12.3. The van der Waals surface area contributed by atoms with Gasteiger partial charge in [-0.25, -0.2) is 4.79 Å². The SMILES string of the molecule is CC1NC(=O)[C@@H]1NC(=O)OCc1ccccc1. The Morgan fingerprint density at radius 1 is 1.41 bits per heavy atom. The van der Waals surface area contributed by atoms with Crippen molar-refractivity contribution in [2.75, 3.05) is 0 Å². The molecule has 0 radical (unpaired) electrons. The van der Waals surface area contributed by atoms with Crippen molar-refractivity contribution in [1.82, 2.24) is 10.6 Å². The highest BCUT2D eigenvalue weighted by Crippen LogP contribution is 2.06. The number of alkyl carbamates (subject to hydrolysis) is 1. The molecule has 1 heterocycles. The highest BCUT2D eigenvalue weighted by atomic mass is 16.5. The predicted octanol–water partition coefficient (Wildman–Crippen LogP) is 0.800. The molecule has 2 atom stereocenters. The molecule has 5 heteroatoms. The lowest BCUT2D eigenvalue weighted by Crippen LogP contribution is -2.67. The third kappa shape index (κ3) is 2.75. The number of β-lactam (4-membered cyclic amide) rings is 1. The van der Waals surface area contributed by atoms with Crippen molar-refractivity contribution < 1.29 is 14.3 Å². The van der Waals surface area contributed by atoms with Gasteiger partial charge in [-0.1, -0.05) is 30.3 Å². The van der Waals surface area contributed by atoms with Crippen molar-refractivity contribution in [3.8, 4) is 0 Å². The van der Waals surface area contributed by atoms with Crippen molar-refractivity contribution >= 4 is 12.0 Å². The van der Waals surface area contributed by atoms with Crippen LogP contribution in [0.2, 0.25) is 0 Å². The van der Waals surface area contributed by atoms with Gasteiger partial charge in [0.05, 0.1) is 6.04 Å². The van der Waals surface area contributed by atoms with E-state index in [9.17, 15) is 9.59 Å². The van der Waals surface area contributed by atoms with Gasteiger partial charge < -0.3 is 15.4 Å². The highest BCUT2D eigenvalue weighted by molar-refractivity contribution is 5.92. The first kappa shape index (κ1) is 11.4. The molecule has 0 bridgehead atoms. The van der Waals surface area contributed by atoms with Crippen molar-refractivity contribution in [2.24, 2.45) is 0 Å². The molecule has 90 valence electrons. The van der Waals surface area contributed by atoms with Gasteiger partial charge in [0.2, 0.25) is 5.91 Å². The van der Waals surface area contributed by atoms with Crippen molar-refractivity contribution in [3.05, 3.63) is 35.9 Å². The van der Waals surface area contributed by atoms with Crippen LogP contribution in [0.1, 0.15) is 12.5 Å². The van der Waals surface area contributed by atoms with Gasteiger partial charge in [0.1, 0.15) is 12.6 Å². The molecule has 2 rings (SSSR count). The van der Waals surface area contributed by atoms with Crippen LogP contribution in [0.4, 0.5) is 4.79 Å². The summed E-state index contributed by atoms with van der Waals surface area (Å²) in [4.78, 5) is 22.5. The number of nitrogens with one attached hydrogen (secondary N) is 2. The molecule has 1 fully saturated rings. The second-order valence-electron chi connectivity index (χ2n) is 3.98. The Hall–Kier alpha value is -2.04. The lowest BCUT2D eigenvalue weighted by molar-refractivity contribution is -0.131. The molecule has 17 heavy (non-hydrogen) atoms. The summed E-state index contributed by atoms with van der Waals surface area (Å²) >= 11 is 0. The lowest BCUT2D eigenvalue weighted by Gasteiger charge is -2.33. The molecule has 1 aliphatic heterocycles. The zero-order valence-electron chi connectivity index (χ0n) is 9.47. The molecule has 5 nitrogen and oxygen atoms in total. The maximum Gasteiger partial charge on any atom is 0.408 e. The van der Waals surface area contributed by atoms with E-state index in [0.717, 1.165) is 5.56 Å². The minimum absolute atomic E-state index is 0.0354. The monoisotopic (exact) mass is 234 g/mol. The predicted molar refractivity (Wildman–Crippen MR) is 61.2 cm³/mol. The maximum absolute atomic E-state index is 11.4. The summed E-state index contributed by atoms with van der Waals surface area (Å²) < 4.78 is 5.00. The first-order valence-electron chi connectivity index (χ1n) is 5.44. The van der Waals surface area contributed by atoms with Crippen LogP contribution < -0.4 is 10.6 Å². The Morgan fingerprint density at radius 3 is 2.71 bits per heavy atom. The summed E-state index contributed by atoms with van der Waals surface area (Å²) in [5.74, 6) is -0.172. The van der Waals surface area contributed by atoms with E-state index in [4.69, 9.17) is 4.74 Å². The maximum atomic E-state index is 11.4. The summed E-state index contributed by atoms with van der Waals surface area (Å²) in [6, 6.07) is 8.86. The average Bonchev–Trinajstić information content (AvgIpc) is 2.35. The quantitative estimate of drug-likeness (QED) is 0.760. The number of amides is 2. The number of carbonyl (C=O) groups excluding carboxylic acids is 2. The molecule has 1 aliphatic rings. The normalized spacial score (nSPS) is 22.3.